The van der Waals surface area contributed by atoms with Crippen LogP contribution < -0.4 is 25.5 Å². The number of benzene rings is 7. The Morgan fingerprint density at radius 3 is 2.04 bits per heavy atom. The molecule has 272 valence electrons. The van der Waals surface area contributed by atoms with Gasteiger partial charge >= 0.3 is 0 Å². The van der Waals surface area contributed by atoms with Gasteiger partial charge in [-0.2, -0.15) is 0 Å². The molecule has 7 heteroatoms. The summed E-state index contributed by atoms with van der Waals surface area (Å²) in [5.41, 5.74) is 5.82. The zero-order valence-corrected chi connectivity index (χ0v) is 32.1. The van der Waals surface area contributed by atoms with Crippen molar-refractivity contribution in [2.45, 2.75) is 6.17 Å². The summed E-state index contributed by atoms with van der Waals surface area (Å²) in [6.45, 7) is 0. The summed E-state index contributed by atoms with van der Waals surface area (Å²) in [6, 6.07) is 62.4. The Morgan fingerprint density at radius 1 is 0.561 bits per heavy atom. The Labute approximate surface area is 329 Å². The topological polar surface area (TPSA) is 44.9 Å². The second-order valence-corrected chi connectivity index (χ2v) is 18.4. The fraction of sp³-hybridized carbons (Fsp3) is 0.0400. The van der Waals surface area contributed by atoms with Crippen molar-refractivity contribution in [3.05, 3.63) is 199 Å². The monoisotopic (exact) mass is 754 g/mol. The molecule has 5 nitrogen and oxygen atoms in total. The van der Waals surface area contributed by atoms with E-state index < -0.39 is 14.2 Å². The Bertz CT molecular complexity index is 3100. The normalized spacial score (nSPS) is 13.6. The number of imidazole rings is 1. The van der Waals surface area contributed by atoms with Crippen LogP contribution >= 0.6 is 0 Å². The molecule has 0 spiro atoms. The smallest absolute Gasteiger partial charge is 0.188 e. The number of pyridine rings is 1. The average Bonchev–Trinajstić information content (AvgIpc) is 3.78. The first kappa shape index (κ1) is 33.3. The molecule has 4 heterocycles. The van der Waals surface area contributed by atoms with E-state index in [0.717, 1.165) is 66.7 Å². The van der Waals surface area contributed by atoms with Gasteiger partial charge in [-0.25, -0.2) is 14.4 Å². The van der Waals surface area contributed by atoms with Gasteiger partial charge in [0.05, 0.1) is 22.1 Å². The van der Waals surface area contributed by atoms with Gasteiger partial charge in [-0.1, -0.05) is 127 Å². The van der Waals surface area contributed by atoms with Crippen LogP contribution in [0.3, 0.4) is 0 Å². The van der Waals surface area contributed by atoms with Crippen LogP contribution in [0.2, 0.25) is 0 Å². The van der Waals surface area contributed by atoms with Crippen LogP contribution in [0, 0.1) is 0 Å². The SMILES string of the molecule is Cn1c(-c2cccc(C(F)c3ccc4c5cc6c(cc5n(-c5ccccn5)c4c3)[Si](c3ccccc3)(c3ccccc3)c3ccccc3O6)c2)nc2ccccc21. The molecule has 7 aromatic carbocycles. The molecule has 1 atom stereocenters. The Hall–Kier alpha value is -7.09. The predicted molar refractivity (Wildman–Crippen MR) is 231 cm³/mol. The molecule has 1 aliphatic heterocycles. The van der Waals surface area contributed by atoms with E-state index in [1.54, 1.807) is 0 Å². The lowest BCUT2D eigenvalue weighted by molar-refractivity contribution is 0.402. The maximum absolute atomic E-state index is 17.0. The molecule has 0 saturated heterocycles. The van der Waals surface area contributed by atoms with Crippen molar-refractivity contribution in [1.82, 2.24) is 19.1 Å². The quantitative estimate of drug-likeness (QED) is 0.159. The van der Waals surface area contributed by atoms with E-state index in [0.29, 0.717) is 11.1 Å². The van der Waals surface area contributed by atoms with Crippen molar-refractivity contribution in [3.63, 3.8) is 0 Å². The molecule has 3 aromatic heterocycles. The third kappa shape index (κ3) is 5.05. The van der Waals surface area contributed by atoms with Gasteiger partial charge in [-0.05, 0) is 86.5 Å². The van der Waals surface area contributed by atoms with Gasteiger partial charge in [0.1, 0.15) is 23.1 Å². The molecule has 0 N–H and O–H groups in total. The molecule has 10 aromatic rings. The Kier molecular flexibility index (Phi) is 7.59. The van der Waals surface area contributed by atoms with Crippen LogP contribution in [0.4, 0.5) is 4.39 Å². The van der Waals surface area contributed by atoms with Crippen LogP contribution in [0.1, 0.15) is 17.3 Å². The largest absolute Gasteiger partial charge is 0.458 e. The summed E-state index contributed by atoms with van der Waals surface area (Å²) in [5.74, 6) is 3.28. The third-order valence-corrected chi connectivity index (χ3v) is 16.4. The van der Waals surface area contributed by atoms with E-state index in [2.05, 4.69) is 112 Å². The fourth-order valence-electron chi connectivity index (χ4n) is 9.05. The standard InChI is InChI=1S/C50H35FN4OSi/c1-54-41-22-9-8-21-40(41)53-50(54)35-16-14-15-33(29-35)49(51)34-26-27-38-39-31-45-47(32-43(39)55(42(38)30-34)48-25-12-13-28-52-48)57(36-17-4-2-5-18-36,37-19-6-3-7-20-37)46-24-11-10-23-44(46)56-45/h2-32,49H,1H3. The number of ether oxygens (including phenoxy) is 1. The Morgan fingerprint density at radius 2 is 1.26 bits per heavy atom. The number of aryl methyl sites for hydroxylation is 1. The van der Waals surface area contributed by atoms with E-state index in [-0.39, 0.29) is 0 Å². The summed E-state index contributed by atoms with van der Waals surface area (Å²) >= 11 is 0. The van der Waals surface area contributed by atoms with Crippen LogP contribution in [-0.4, -0.2) is 27.2 Å². The van der Waals surface area contributed by atoms with Crippen molar-refractivity contribution in [2.24, 2.45) is 7.05 Å². The second kappa shape index (κ2) is 13.0. The highest BCUT2D eigenvalue weighted by Gasteiger charge is 2.48. The first-order valence-corrected chi connectivity index (χ1v) is 21.2. The summed E-state index contributed by atoms with van der Waals surface area (Å²) in [7, 11) is -0.911. The Balaban J connectivity index is 1.14. The number of nitrogens with zero attached hydrogens (tertiary/aromatic N) is 4. The number of rotatable bonds is 6. The molecule has 0 amide bonds. The number of para-hydroxylation sites is 3. The highest BCUT2D eigenvalue weighted by Crippen LogP contribution is 2.40. The maximum Gasteiger partial charge on any atom is 0.188 e. The molecule has 0 saturated carbocycles. The molecule has 57 heavy (non-hydrogen) atoms. The number of halogens is 1. The van der Waals surface area contributed by atoms with E-state index >= 15 is 4.39 Å². The number of aromatic nitrogens is 4. The van der Waals surface area contributed by atoms with E-state index in [1.165, 1.54) is 15.6 Å². The highest BCUT2D eigenvalue weighted by molar-refractivity contribution is 7.20. The van der Waals surface area contributed by atoms with Crippen molar-refractivity contribution >= 4 is 61.7 Å². The molecule has 11 rings (SSSR count). The van der Waals surface area contributed by atoms with Crippen molar-refractivity contribution in [2.75, 3.05) is 0 Å². The number of alkyl halides is 1. The van der Waals surface area contributed by atoms with Crippen molar-refractivity contribution < 1.29 is 9.13 Å². The van der Waals surface area contributed by atoms with Gasteiger partial charge < -0.3 is 9.30 Å². The van der Waals surface area contributed by atoms with Gasteiger partial charge in [0.2, 0.25) is 0 Å². The first-order valence-electron chi connectivity index (χ1n) is 19.2. The summed E-state index contributed by atoms with van der Waals surface area (Å²) < 4.78 is 28.1. The molecular weight excluding hydrogens is 720 g/mol. The summed E-state index contributed by atoms with van der Waals surface area (Å²) in [4.78, 5) is 9.75. The van der Waals surface area contributed by atoms with Gasteiger partial charge in [-0.15, -0.1) is 0 Å². The summed E-state index contributed by atoms with van der Waals surface area (Å²) in [6.07, 6.45) is 0.438. The molecule has 1 aliphatic rings. The molecular formula is C50H35FN4OSi. The minimum absolute atomic E-state index is 0.565. The van der Waals surface area contributed by atoms with Crippen LogP contribution in [-0.2, 0) is 7.05 Å². The van der Waals surface area contributed by atoms with E-state index in [4.69, 9.17) is 14.7 Å². The lowest BCUT2D eigenvalue weighted by atomic mass is 9.99. The number of hydrogen-bond acceptors (Lipinski definition) is 3. The second-order valence-electron chi connectivity index (χ2n) is 14.7. The first-order chi connectivity index (χ1) is 28.1. The average molecular weight is 755 g/mol. The molecule has 0 aliphatic carbocycles. The minimum atomic E-state index is -2.91. The number of fused-ring (bicyclic) bond motifs is 6. The van der Waals surface area contributed by atoms with Gasteiger partial charge in [0.25, 0.3) is 0 Å². The van der Waals surface area contributed by atoms with Gasteiger partial charge in [0, 0.05) is 29.6 Å². The van der Waals surface area contributed by atoms with Crippen molar-refractivity contribution in [3.8, 4) is 28.7 Å². The van der Waals surface area contributed by atoms with E-state index in [9.17, 15) is 0 Å². The number of hydrogen-bond donors (Lipinski definition) is 0. The van der Waals surface area contributed by atoms with E-state index in [1.807, 2.05) is 92.1 Å². The third-order valence-electron chi connectivity index (χ3n) is 11.6. The molecule has 0 radical (unpaired) electrons. The maximum atomic E-state index is 17.0. The summed E-state index contributed by atoms with van der Waals surface area (Å²) in [5, 5.41) is 6.93. The van der Waals surface area contributed by atoms with Gasteiger partial charge in [-0.3, -0.25) is 4.57 Å². The molecule has 0 fully saturated rings. The molecule has 1 unspecified atom stereocenters. The zero-order valence-electron chi connectivity index (χ0n) is 31.1. The lowest BCUT2D eigenvalue weighted by Gasteiger charge is -2.39. The fourth-order valence-corrected chi connectivity index (χ4v) is 14.0. The predicted octanol–water partition coefficient (Wildman–Crippen LogP) is 9.27. The van der Waals surface area contributed by atoms with Crippen LogP contribution in [0.25, 0.3) is 50.0 Å². The van der Waals surface area contributed by atoms with Crippen molar-refractivity contribution in [1.29, 1.82) is 0 Å². The minimum Gasteiger partial charge on any atom is -0.458 e. The molecule has 0 bridgehead atoms. The van der Waals surface area contributed by atoms with Crippen LogP contribution in [0.15, 0.2) is 188 Å². The lowest BCUT2D eigenvalue weighted by Crippen LogP contribution is -2.76. The van der Waals surface area contributed by atoms with Crippen LogP contribution in [0.5, 0.6) is 11.5 Å². The highest BCUT2D eigenvalue weighted by atomic mass is 28.3. The zero-order chi connectivity index (χ0) is 38.1. The van der Waals surface area contributed by atoms with Gasteiger partial charge in [0.15, 0.2) is 14.2 Å².